The highest BCUT2D eigenvalue weighted by atomic mass is 35.5. The number of likely N-dealkylation sites (tertiary alicyclic amines) is 4. The first-order chi connectivity index (χ1) is 57.1. The van der Waals surface area contributed by atoms with Crippen molar-refractivity contribution in [1.82, 2.24) is 78.7 Å². The molecule has 4 aliphatic carbocycles. The normalized spacial score (nSPS) is 21.6. The monoisotopic (exact) mass is 1710 g/mol. The van der Waals surface area contributed by atoms with E-state index in [4.69, 9.17) is 17.3 Å². The average Bonchev–Trinajstić information content (AvgIpc) is 1.79. The number of nitrogens with zero attached hydrogens (tertiary/aromatic N) is 16. The molecule has 37 heteroatoms. The minimum absolute atomic E-state index is 0.00565. The van der Waals surface area contributed by atoms with E-state index < -0.39 is 23.7 Å². The molecule has 8 fully saturated rings. The Morgan fingerprint density at radius 2 is 0.554 bits per heavy atom. The van der Waals surface area contributed by atoms with Crippen molar-refractivity contribution in [3.05, 3.63) is 123 Å². The number of alkyl halides is 8. The van der Waals surface area contributed by atoms with Gasteiger partial charge in [-0.25, -0.2) is 73.8 Å². The smallest absolute Gasteiger partial charge is 0.248 e. The summed E-state index contributed by atoms with van der Waals surface area (Å²) in [5.41, 5.74) is 15.0. The van der Waals surface area contributed by atoms with E-state index >= 15 is 0 Å². The lowest BCUT2D eigenvalue weighted by atomic mass is 9.92. The molecular formula is C84H113ClF8N24O4. The maximum atomic E-state index is 13.5. The maximum absolute atomic E-state index is 13.5. The number of hydrogen-bond donors (Lipinski definition) is 8. The third kappa shape index (κ3) is 24.1. The molecule has 0 bridgehead atoms. The van der Waals surface area contributed by atoms with Gasteiger partial charge >= 0.3 is 0 Å². The fourth-order valence-electron chi connectivity index (χ4n) is 16.4. The fraction of sp³-hybridized carbons (Fsp3) is 0.571. The summed E-state index contributed by atoms with van der Waals surface area (Å²) in [5, 5.41) is 41.6. The molecule has 2 unspecified atom stereocenters. The van der Waals surface area contributed by atoms with Crippen LogP contribution in [0.25, 0.3) is 23.3 Å². The zero-order chi connectivity index (χ0) is 87.2. The molecule has 8 aromatic heterocycles. The number of hydrogen-bond acceptors (Lipinski definition) is 20. The predicted molar refractivity (Wildman–Crippen MR) is 451 cm³/mol. The van der Waals surface area contributed by atoms with Gasteiger partial charge in [0, 0.05) is 217 Å². The quantitative estimate of drug-likeness (QED) is 0.0370. The minimum atomic E-state index is -2.57. The first-order valence-electron chi connectivity index (χ1n) is 41.7. The van der Waals surface area contributed by atoms with E-state index in [1.165, 1.54) is 0 Å². The van der Waals surface area contributed by atoms with Gasteiger partial charge in [0.15, 0.2) is 23.3 Å². The lowest BCUT2D eigenvalue weighted by molar-refractivity contribution is -0.128. The number of rotatable bonds is 18. The van der Waals surface area contributed by atoms with Crippen molar-refractivity contribution >= 4 is 75.6 Å². The Bertz CT molecular complexity index is 4560. The van der Waals surface area contributed by atoms with E-state index in [0.29, 0.717) is 123 Å². The van der Waals surface area contributed by atoms with Crippen LogP contribution in [0.15, 0.2) is 72.8 Å². The van der Waals surface area contributed by atoms with Crippen LogP contribution in [0.4, 0.5) is 75.5 Å². The van der Waals surface area contributed by atoms with Gasteiger partial charge < -0.3 is 62.6 Å². The summed E-state index contributed by atoms with van der Waals surface area (Å²) in [7, 11) is 7.16. The van der Waals surface area contributed by atoms with Crippen molar-refractivity contribution in [2.24, 2.45) is 5.73 Å². The highest BCUT2D eigenvalue weighted by Crippen LogP contribution is 2.40. The van der Waals surface area contributed by atoms with Crippen molar-refractivity contribution in [3.63, 3.8) is 0 Å². The number of anilines is 7. The molecule has 121 heavy (non-hydrogen) atoms. The lowest BCUT2D eigenvalue weighted by Gasteiger charge is -2.29. The Kier molecular flexibility index (Phi) is 28.2. The summed E-state index contributed by atoms with van der Waals surface area (Å²) in [5.74, 6) is -5.15. The standard InChI is InChI=1S/3C21H28F2N6O.C16H19ClF2N4.C5H10N2O/c3*1-13-10-14(2)29(27-13)19-12-16(24-17-6-9-28(3)20(17)30)11-18(26-19)25-15-4-7-21(22,23)8-5-15;1-10-7-11(2)23(22-10)15-9-12(17)8-14(21-15)20-13-3-5-16(18,19)6-4-13;1-7-3-2-4(6)5(7)8/h3*10-12,15,17H,4-9H2,1-3H3,(H2,24,25,26);7-9,13H,3-6H2,1-2H3,(H,20,21);4H,2-3,6H2,1H3/t2*17-;;;/m10.../s1. The second kappa shape index (κ2) is 37.9. The predicted octanol–water partition coefficient (Wildman–Crippen LogP) is 14.3. The number of aromatic nitrogens is 12. The first kappa shape index (κ1) is 89.9. The summed E-state index contributed by atoms with van der Waals surface area (Å²) < 4.78 is 115. The zero-order valence-corrected chi connectivity index (χ0v) is 71.5. The largest absolute Gasteiger partial charge is 0.373 e. The van der Waals surface area contributed by atoms with Crippen LogP contribution in [0.3, 0.4) is 0 Å². The highest BCUT2D eigenvalue weighted by Gasteiger charge is 2.40. The molecule has 9 N–H and O–H groups in total. The first-order valence-corrected chi connectivity index (χ1v) is 42.0. The van der Waals surface area contributed by atoms with Crippen LogP contribution in [-0.2, 0) is 19.2 Å². The number of amides is 4. The fourth-order valence-corrected chi connectivity index (χ4v) is 16.6. The number of halogens is 9. The molecule has 12 heterocycles. The van der Waals surface area contributed by atoms with Crippen molar-refractivity contribution in [3.8, 4) is 23.3 Å². The highest BCUT2D eigenvalue weighted by molar-refractivity contribution is 6.31. The molecule has 656 valence electrons. The number of nitrogens with one attached hydrogen (secondary N) is 7. The van der Waals surface area contributed by atoms with Gasteiger partial charge in [-0.05, 0) is 163 Å². The molecule has 4 atom stereocenters. The van der Waals surface area contributed by atoms with Crippen LogP contribution in [0.1, 0.15) is 174 Å². The van der Waals surface area contributed by atoms with Crippen LogP contribution in [0.2, 0.25) is 5.02 Å². The summed E-state index contributed by atoms with van der Waals surface area (Å²) in [6.45, 7) is 18.4. The summed E-state index contributed by atoms with van der Waals surface area (Å²) in [4.78, 5) is 73.1. The number of pyridine rings is 4. The van der Waals surface area contributed by atoms with Crippen molar-refractivity contribution in [1.29, 1.82) is 0 Å². The van der Waals surface area contributed by atoms with E-state index in [2.05, 4.69) is 77.5 Å². The van der Waals surface area contributed by atoms with Gasteiger partial charge in [0.2, 0.25) is 47.3 Å². The van der Waals surface area contributed by atoms with E-state index in [0.717, 1.165) is 94.8 Å². The van der Waals surface area contributed by atoms with Crippen molar-refractivity contribution in [2.75, 3.05) is 91.6 Å². The Balaban J connectivity index is 0.000000144. The van der Waals surface area contributed by atoms with Gasteiger partial charge in [-0.2, -0.15) is 20.4 Å². The van der Waals surface area contributed by atoms with Crippen LogP contribution in [-0.4, -0.2) is 229 Å². The molecule has 0 radical (unpaired) electrons. The molecule has 4 saturated heterocycles. The van der Waals surface area contributed by atoms with Crippen LogP contribution in [0.5, 0.6) is 0 Å². The molecule has 4 amide bonds. The Morgan fingerprint density at radius 1 is 0.322 bits per heavy atom. The molecule has 28 nitrogen and oxygen atoms in total. The number of carbonyl (C=O) groups excluding carboxylic acids is 4. The van der Waals surface area contributed by atoms with Crippen molar-refractivity contribution < 1.29 is 54.3 Å². The average molecular weight is 1710 g/mol. The number of likely N-dealkylation sites (N-methyl/N-ethyl adjacent to an activating group) is 4. The second-order valence-corrected chi connectivity index (χ2v) is 34.1. The molecule has 0 aromatic carbocycles. The maximum Gasteiger partial charge on any atom is 0.248 e. The Labute approximate surface area is 705 Å². The van der Waals surface area contributed by atoms with Gasteiger partial charge in [0.25, 0.3) is 0 Å². The molecule has 4 saturated carbocycles. The van der Waals surface area contributed by atoms with Gasteiger partial charge in [-0.1, -0.05) is 11.6 Å². The molecule has 16 rings (SSSR count). The van der Waals surface area contributed by atoms with Crippen LogP contribution in [0, 0.1) is 55.4 Å². The molecular weight excluding hydrogens is 1600 g/mol. The summed E-state index contributed by atoms with van der Waals surface area (Å²) in [6.07, 6.45) is 5.37. The summed E-state index contributed by atoms with van der Waals surface area (Å²) in [6, 6.07) is 21.2. The summed E-state index contributed by atoms with van der Waals surface area (Å²) >= 11 is 6.18. The SMILES string of the molecule is CN1CCC(N)C1=O.Cc1cc(C)n(-c2cc(Cl)cc(NC3CCC(F)(F)CC3)n2)n1.Cc1cc(C)n(-c2cc(NC3CCN(C)C3=O)cc(NC3CCC(F)(F)CC3)n2)n1.Cc1cc(C)n(-c2cc(N[C@@H]3CCN(C)C3=O)cc(NC3CCC(F)(F)CC3)n2)n1.Cc1cc(C)n(-c2cc(N[C@H]3CCN(C)C3=O)cc(NC3CCC(F)(F)CC3)n2)n1. The van der Waals surface area contributed by atoms with Crippen LogP contribution >= 0.6 is 11.6 Å². The lowest BCUT2D eigenvalue weighted by Crippen LogP contribution is -2.32. The number of aryl methyl sites for hydroxylation is 8. The number of nitrogens with two attached hydrogens (primary N) is 1. The Morgan fingerprint density at radius 3 is 0.752 bits per heavy atom. The van der Waals surface area contributed by atoms with Gasteiger partial charge in [0.1, 0.15) is 41.4 Å². The molecule has 8 aliphatic rings. The Hall–Kier alpha value is -10.4. The minimum Gasteiger partial charge on any atom is -0.373 e. The van der Waals surface area contributed by atoms with E-state index in [1.807, 2.05) is 116 Å². The van der Waals surface area contributed by atoms with Crippen LogP contribution < -0.4 is 43.0 Å². The van der Waals surface area contributed by atoms with E-state index in [-0.39, 0.29) is 123 Å². The van der Waals surface area contributed by atoms with Gasteiger partial charge in [-0.3, -0.25) is 19.2 Å². The van der Waals surface area contributed by atoms with E-state index in [1.54, 1.807) is 78.7 Å². The zero-order valence-electron chi connectivity index (χ0n) is 70.8. The van der Waals surface area contributed by atoms with Gasteiger partial charge in [-0.15, -0.1) is 0 Å². The third-order valence-corrected chi connectivity index (χ3v) is 23.4. The van der Waals surface area contributed by atoms with Crippen molar-refractivity contribution in [2.45, 2.75) is 256 Å². The molecule has 8 aromatic rings. The number of carbonyl (C=O) groups is 4. The molecule has 4 aliphatic heterocycles. The second-order valence-electron chi connectivity index (χ2n) is 33.7. The molecule has 0 spiro atoms. The third-order valence-electron chi connectivity index (χ3n) is 23.2. The van der Waals surface area contributed by atoms with E-state index in [9.17, 15) is 54.3 Å². The topological polar surface area (TPSA) is 314 Å². The van der Waals surface area contributed by atoms with Gasteiger partial charge in [0.05, 0.1) is 28.8 Å².